The largest absolute Gasteiger partial charge is 0.501 e. The van der Waals surface area contributed by atoms with E-state index in [-0.39, 0.29) is 0 Å². The van der Waals surface area contributed by atoms with Crippen molar-refractivity contribution in [1.82, 2.24) is 0 Å². The molecule has 0 aromatic heterocycles. The van der Waals surface area contributed by atoms with Gasteiger partial charge in [-0.15, -0.1) is 0 Å². The van der Waals surface area contributed by atoms with Crippen molar-refractivity contribution in [3.63, 3.8) is 0 Å². The van der Waals surface area contributed by atoms with E-state index in [9.17, 15) is 0 Å². The van der Waals surface area contributed by atoms with Crippen LogP contribution in [0.25, 0.3) is 0 Å². The predicted molar refractivity (Wildman–Crippen MR) is 43.9 cm³/mol. The molecule has 0 saturated heterocycles. The second-order valence-electron chi connectivity index (χ2n) is 3.51. The number of nitrogens with two attached hydrogens (primary N) is 1. The highest BCUT2D eigenvalue weighted by Gasteiger charge is 2.38. The lowest BCUT2D eigenvalue weighted by molar-refractivity contribution is 0.221. The first kappa shape index (κ1) is 7.17. The molecule has 0 aromatic carbocycles. The third kappa shape index (κ3) is 1.41. The summed E-state index contributed by atoms with van der Waals surface area (Å²) < 4.78 is 5.27. The Morgan fingerprint density at radius 2 is 2.55 bits per heavy atom. The van der Waals surface area contributed by atoms with Gasteiger partial charge in [-0.25, -0.2) is 0 Å². The topological polar surface area (TPSA) is 35.2 Å². The smallest absolute Gasteiger partial charge is 0.0876 e. The fraction of sp³-hybridized carbons (Fsp3) is 0.778. The van der Waals surface area contributed by atoms with E-state index in [1.54, 1.807) is 0 Å². The van der Waals surface area contributed by atoms with E-state index in [4.69, 9.17) is 10.5 Å². The third-order valence-corrected chi connectivity index (χ3v) is 2.66. The number of hydrogen-bond acceptors (Lipinski definition) is 2. The molecule has 11 heavy (non-hydrogen) atoms. The summed E-state index contributed by atoms with van der Waals surface area (Å²) >= 11 is 0. The van der Waals surface area contributed by atoms with E-state index >= 15 is 0 Å². The lowest BCUT2D eigenvalue weighted by Crippen LogP contribution is -2.06. The third-order valence-electron chi connectivity index (χ3n) is 2.66. The van der Waals surface area contributed by atoms with Gasteiger partial charge in [0.1, 0.15) is 0 Å². The molecule has 0 spiro atoms. The van der Waals surface area contributed by atoms with Crippen molar-refractivity contribution in [3.8, 4) is 0 Å². The molecule has 2 N–H and O–H groups in total. The zero-order valence-electron chi connectivity index (χ0n) is 6.75. The Balaban J connectivity index is 1.90. The molecule has 1 saturated carbocycles. The normalized spacial score (nSPS) is 35.9. The molecule has 1 fully saturated rings. The van der Waals surface area contributed by atoms with Crippen LogP contribution in [0.15, 0.2) is 11.8 Å². The van der Waals surface area contributed by atoms with Gasteiger partial charge in [-0.05, 0) is 43.2 Å². The summed E-state index contributed by atoms with van der Waals surface area (Å²) in [7, 11) is 0. The van der Waals surface area contributed by atoms with E-state index in [0.717, 1.165) is 25.0 Å². The highest BCUT2D eigenvalue weighted by molar-refractivity contribution is 5.15. The van der Waals surface area contributed by atoms with Crippen molar-refractivity contribution < 1.29 is 4.74 Å². The van der Waals surface area contributed by atoms with Crippen LogP contribution in [0.4, 0.5) is 0 Å². The molecule has 2 unspecified atom stereocenters. The van der Waals surface area contributed by atoms with Crippen LogP contribution in [0, 0.1) is 11.8 Å². The van der Waals surface area contributed by atoms with E-state index in [1.807, 2.05) is 6.26 Å². The summed E-state index contributed by atoms with van der Waals surface area (Å²) in [6.45, 7) is 1.76. The molecule has 2 nitrogen and oxygen atoms in total. The van der Waals surface area contributed by atoms with Crippen LogP contribution in [0.1, 0.15) is 19.3 Å². The van der Waals surface area contributed by atoms with Gasteiger partial charge in [-0.2, -0.15) is 0 Å². The highest BCUT2D eigenvalue weighted by Crippen LogP contribution is 2.45. The van der Waals surface area contributed by atoms with Crippen molar-refractivity contribution in [2.24, 2.45) is 17.6 Å². The van der Waals surface area contributed by atoms with Gasteiger partial charge < -0.3 is 10.5 Å². The Kier molecular flexibility index (Phi) is 1.86. The molecule has 0 aromatic rings. The minimum atomic E-state index is 0.767. The Morgan fingerprint density at radius 3 is 3.09 bits per heavy atom. The van der Waals surface area contributed by atoms with Gasteiger partial charge >= 0.3 is 0 Å². The van der Waals surface area contributed by atoms with Crippen LogP contribution in [-0.4, -0.2) is 13.2 Å². The molecule has 0 bridgehead atoms. The molecule has 2 atom stereocenters. The van der Waals surface area contributed by atoms with Crippen LogP contribution >= 0.6 is 0 Å². The molecule has 1 aliphatic heterocycles. The van der Waals surface area contributed by atoms with Crippen LogP contribution < -0.4 is 5.73 Å². The Morgan fingerprint density at radius 1 is 1.64 bits per heavy atom. The second-order valence-corrected chi connectivity index (χ2v) is 3.51. The average Bonchev–Trinajstić information content (AvgIpc) is 2.85. The molecule has 1 aliphatic carbocycles. The molecular formula is C9H15NO. The quantitative estimate of drug-likeness (QED) is 0.648. The number of allylic oxidation sites excluding steroid dienone is 1. The predicted octanol–water partition coefficient (Wildman–Crippen LogP) is 1.28. The maximum absolute atomic E-state index is 5.56. The SMILES string of the molecule is NCC1CC1C1=COCCC1. The second kappa shape index (κ2) is 2.86. The van der Waals surface area contributed by atoms with Gasteiger partial charge in [0.05, 0.1) is 12.9 Å². The summed E-state index contributed by atoms with van der Waals surface area (Å²) in [6, 6.07) is 0. The van der Waals surface area contributed by atoms with Crippen molar-refractivity contribution in [3.05, 3.63) is 11.8 Å². The van der Waals surface area contributed by atoms with E-state index in [2.05, 4.69) is 0 Å². The maximum atomic E-state index is 5.56. The molecule has 1 heterocycles. The summed E-state index contributed by atoms with van der Waals surface area (Å²) in [6.07, 6.45) is 5.69. The summed E-state index contributed by atoms with van der Waals surface area (Å²) in [4.78, 5) is 0. The average molecular weight is 153 g/mol. The van der Waals surface area contributed by atoms with Gasteiger partial charge in [0, 0.05) is 0 Å². The molecule has 0 radical (unpaired) electrons. The van der Waals surface area contributed by atoms with E-state index in [0.29, 0.717) is 0 Å². The van der Waals surface area contributed by atoms with Crippen LogP contribution in [0.3, 0.4) is 0 Å². The van der Waals surface area contributed by atoms with Crippen LogP contribution in [0.2, 0.25) is 0 Å². The zero-order valence-corrected chi connectivity index (χ0v) is 6.75. The Hall–Kier alpha value is -0.500. The molecule has 0 amide bonds. The first-order chi connectivity index (χ1) is 5.42. The molecule has 2 rings (SSSR count). The maximum Gasteiger partial charge on any atom is 0.0876 e. The van der Waals surface area contributed by atoms with Crippen molar-refractivity contribution in [2.75, 3.05) is 13.2 Å². The first-order valence-corrected chi connectivity index (χ1v) is 4.42. The summed E-state index contributed by atoms with van der Waals surface area (Å²) in [5.41, 5.74) is 7.07. The van der Waals surface area contributed by atoms with Gasteiger partial charge in [0.2, 0.25) is 0 Å². The number of ether oxygens (including phenoxy) is 1. The lowest BCUT2D eigenvalue weighted by Gasteiger charge is -2.12. The fourth-order valence-electron chi connectivity index (χ4n) is 1.82. The van der Waals surface area contributed by atoms with Crippen LogP contribution in [-0.2, 0) is 4.74 Å². The Labute approximate surface area is 67.4 Å². The summed E-state index contributed by atoms with van der Waals surface area (Å²) in [5, 5.41) is 0. The minimum absolute atomic E-state index is 0.767. The minimum Gasteiger partial charge on any atom is -0.501 e. The molecule has 2 heteroatoms. The van der Waals surface area contributed by atoms with Gasteiger partial charge in [-0.1, -0.05) is 0 Å². The summed E-state index contributed by atoms with van der Waals surface area (Å²) in [5.74, 6) is 1.54. The van der Waals surface area contributed by atoms with Crippen molar-refractivity contribution in [1.29, 1.82) is 0 Å². The number of hydrogen-bond donors (Lipinski definition) is 1. The first-order valence-electron chi connectivity index (χ1n) is 4.42. The van der Waals surface area contributed by atoms with Crippen molar-refractivity contribution >= 4 is 0 Å². The molecular weight excluding hydrogens is 138 g/mol. The molecule has 2 aliphatic rings. The van der Waals surface area contributed by atoms with E-state index in [1.165, 1.54) is 24.8 Å². The van der Waals surface area contributed by atoms with Crippen LogP contribution in [0.5, 0.6) is 0 Å². The zero-order chi connectivity index (χ0) is 7.68. The van der Waals surface area contributed by atoms with Gasteiger partial charge in [0.15, 0.2) is 0 Å². The molecule has 62 valence electrons. The lowest BCUT2D eigenvalue weighted by atomic mass is 10.0. The number of rotatable bonds is 2. The standard InChI is InChI=1S/C9H15NO/c10-5-8-4-9(8)7-2-1-3-11-6-7/h6,8-9H,1-5,10H2. The van der Waals surface area contributed by atoms with Gasteiger partial charge in [0.25, 0.3) is 0 Å². The highest BCUT2D eigenvalue weighted by atomic mass is 16.5. The van der Waals surface area contributed by atoms with E-state index < -0.39 is 0 Å². The fourth-order valence-corrected chi connectivity index (χ4v) is 1.82. The van der Waals surface area contributed by atoms with Crippen molar-refractivity contribution in [2.45, 2.75) is 19.3 Å². The Bertz CT molecular complexity index is 176. The van der Waals surface area contributed by atoms with Gasteiger partial charge in [-0.3, -0.25) is 0 Å². The monoisotopic (exact) mass is 153 g/mol.